The average Bonchev–Trinajstić information content (AvgIpc) is 2.63. The fourth-order valence-electron chi connectivity index (χ4n) is 3.33. The van der Waals surface area contributed by atoms with Crippen molar-refractivity contribution in [3.8, 4) is 11.5 Å². The van der Waals surface area contributed by atoms with Crippen LogP contribution in [-0.4, -0.2) is 71.8 Å². The van der Waals surface area contributed by atoms with E-state index in [1.54, 1.807) is 13.2 Å². The van der Waals surface area contributed by atoms with Crippen molar-refractivity contribution in [3.63, 3.8) is 0 Å². The minimum atomic E-state index is -1.17. The molecule has 0 aliphatic heterocycles. The summed E-state index contributed by atoms with van der Waals surface area (Å²) in [5.41, 5.74) is 1.41. The second kappa shape index (κ2) is 8.76. The quantitative estimate of drug-likeness (QED) is 0.670. The van der Waals surface area contributed by atoms with Gasteiger partial charge < -0.3 is 14.9 Å². The van der Waals surface area contributed by atoms with Crippen molar-refractivity contribution in [2.75, 3.05) is 21.2 Å². The van der Waals surface area contributed by atoms with Gasteiger partial charge in [0.05, 0.1) is 13.2 Å². The van der Waals surface area contributed by atoms with E-state index in [0.29, 0.717) is 16.7 Å². The molecular weight excluding hydrogens is 353 g/mol. The number of rotatable bonds is 5. The van der Waals surface area contributed by atoms with Crippen LogP contribution in [0, 0.1) is 0 Å². The van der Waals surface area contributed by atoms with Crippen LogP contribution >= 0.6 is 0 Å². The van der Waals surface area contributed by atoms with Gasteiger partial charge in [-0.15, -0.1) is 0 Å². The van der Waals surface area contributed by atoms with Gasteiger partial charge >= 0.3 is 35.5 Å². The molecule has 0 aromatic heterocycles. The van der Waals surface area contributed by atoms with Gasteiger partial charge in [-0.25, -0.2) is 4.79 Å². The average molecular weight is 375 g/mol. The predicted octanol–water partition coefficient (Wildman–Crippen LogP) is 3.25. The summed E-state index contributed by atoms with van der Waals surface area (Å²) in [6.07, 6.45) is 0. The van der Waals surface area contributed by atoms with E-state index in [9.17, 15) is 15.0 Å². The van der Waals surface area contributed by atoms with Crippen molar-refractivity contribution in [3.05, 3.63) is 71.3 Å². The number of benzene rings is 3. The number of aromatic hydroxyl groups is 1. The van der Waals surface area contributed by atoms with Crippen LogP contribution in [0.3, 0.4) is 0 Å². The van der Waals surface area contributed by atoms with Crippen LogP contribution < -0.4 is 4.74 Å². The van der Waals surface area contributed by atoms with Gasteiger partial charge in [-0.05, 0) is 48.6 Å². The molecule has 0 fully saturated rings. The predicted molar refractivity (Wildman–Crippen MR) is 108 cm³/mol. The van der Waals surface area contributed by atoms with Gasteiger partial charge in [-0.2, -0.15) is 0 Å². The molecule has 5 nitrogen and oxygen atoms in total. The molecule has 0 saturated heterocycles. The molecule has 1 unspecified atom stereocenters. The monoisotopic (exact) mass is 375 g/mol. The molecule has 0 spiro atoms. The number of nitrogens with zero attached hydrogens (tertiary/aromatic N) is 1. The van der Waals surface area contributed by atoms with Gasteiger partial charge in [0.15, 0.2) is 0 Å². The fourth-order valence-corrected chi connectivity index (χ4v) is 3.33. The number of ether oxygens (including phenoxy) is 1. The molecule has 3 aromatic carbocycles. The summed E-state index contributed by atoms with van der Waals surface area (Å²) >= 11 is 0. The molecule has 3 rings (SSSR count). The van der Waals surface area contributed by atoms with E-state index in [4.69, 9.17) is 4.74 Å². The van der Waals surface area contributed by atoms with Crippen LogP contribution in [0.25, 0.3) is 10.8 Å². The molecule has 0 aliphatic rings. The third-order valence-corrected chi connectivity index (χ3v) is 4.49. The summed E-state index contributed by atoms with van der Waals surface area (Å²) in [5, 5.41) is 21.9. The first-order valence-corrected chi connectivity index (χ1v) is 8.22. The van der Waals surface area contributed by atoms with Crippen LogP contribution in [0.4, 0.5) is 0 Å². The molecule has 0 radical (unpaired) electrons. The van der Waals surface area contributed by atoms with Gasteiger partial charge in [0.2, 0.25) is 0 Å². The standard InChI is InChI=1S/C21H21NO4.Na.H/c1-22(2)19(13-7-5-4-6-8-13)18-16-10-9-15(26-3)11-14(16)12-17(20(18)23)21(24)25;;/h4-12,19,23H,1-3H3,(H,24,25);;. The number of phenols is 1. The molecule has 2 N–H and O–H groups in total. The summed E-state index contributed by atoms with van der Waals surface area (Å²) in [7, 11) is 5.37. The van der Waals surface area contributed by atoms with Crippen molar-refractivity contribution < 1.29 is 19.7 Å². The first-order valence-electron chi connectivity index (χ1n) is 8.22. The third-order valence-electron chi connectivity index (χ3n) is 4.49. The van der Waals surface area contributed by atoms with Crippen molar-refractivity contribution in [1.29, 1.82) is 0 Å². The molecule has 6 heteroatoms. The van der Waals surface area contributed by atoms with Crippen molar-refractivity contribution in [1.82, 2.24) is 4.90 Å². The van der Waals surface area contributed by atoms with E-state index >= 15 is 0 Å². The Kier molecular flexibility index (Phi) is 6.89. The Morgan fingerprint density at radius 2 is 1.74 bits per heavy atom. The van der Waals surface area contributed by atoms with Crippen LogP contribution in [0.2, 0.25) is 0 Å². The number of hydrogen-bond acceptors (Lipinski definition) is 4. The van der Waals surface area contributed by atoms with E-state index in [1.807, 2.05) is 61.5 Å². The maximum absolute atomic E-state index is 11.7. The fraction of sp³-hybridized carbons (Fsp3) is 0.190. The molecule has 27 heavy (non-hydrogen) atoms. The van der Waals surface area contributed by atoms with E-state index < -0.39 is 5.97 Å². The minimum absolute atomic E-state index is 0. The molecule has 0 heterocycles. The van der Waals surface area contributed by atoms with E-state index in [1.165, 1.54) is 6.07 Å². The molecule has 0 bridgehead atoms. The molecule has 136 valence electrons. The molecule has 0 saturated carbocycles. The number of carboxylic acid groups (broad SMARTS) is 1. The van der Waals surface area contributed by atoms with Gasteiger partial charge in [-0.1, -0.05) is 36.4 Å². The summed E-state index contributed by atoms with van der Waals surface area (Å²) in [4.78, 5) is 13.7. The van der Waals surface area contributed by atoms with Crippen LogP contribution in [0.1, 0.15) is 27.5 Å². The number of aromatic carboxylic acids is 1. The summed E-state index contributed by atoms with van der Waals surface area (Å²) in [5.74, 6) is -0.747. The third kappa shape index (κ3) is 4.12. The first-order chi connectivity index (χ1) is 12.4. The van der Waals surface area contributed by atoms with Gasteiger partial charge in [-0.3, -0.25) is 4.90 Å². The topological polar surface area (TPSA) is 70.0 Å². The zero-order chi connectivity index (χ0) is 18.8. The number of fused-ring (bicyclic) bond motifs is 1. The zero-order valence-corrected chi connectivity index (χ0v) is 14.9. The first kappa shape index (κ1) is 21.3. The molecule has 1 atom stereocenters. The zero-order valence-electron chi connectivity index (χ0n) is 14.9. The van der Waals surface area contributed by atoms with Gasteiger partial charge in [0.25, 0.3) is 0 Å². The number of carboxylic acids is 1. The molecule has 3 aromatic rings. The summed E-state index contributed by atoms with van der Waals surface area (Å²) < 4.78 is 5.26. The van der Waals surface area contributed by atoms with E-state index in [0.717, 1.165) is 10.9 Å². The Bertz CT molecular complexity index is 957. The van der Waals surface area contributed by atoms with Crippen molar-refractivity contribution in [2.45, 2.75) is 6.04 Å². The van der Waals surface area contributed by atoms with E-state index in [2.05, 4.69) is 0 Å². The van der Waals surface area contributed by atoms with Crippen LogP contribution in [0.15, 0.2) is 54.6 Å². The Hall–Kier alpha value is -2.05. The normalized spacial score (nSPS) is 11.9. The summed E-state index contributed by atoms with van der Waals surface area (Å²) in [6.45, 7) is 0. The maximum atomic E-state index is 11.7. The van der Waals surface area contributed by atoms with Crippen molar-refractivity contribution >= 4 is 46.3 Å². The number of carbonyl (C=O) groups is 1. The second-order valence-corrected chi connectivity index (χ2v) is 6.36. The number of hydrogen-bond donors (Lipinski definition) is 2. The Labute approximate surface area is 180 Å². The number of methoxy groups -OCH3 is 1. The summed E-state index contributed by atoms with van der Waals surface area (Å²) in [6, 6.07) is 16.3. The Morgan fingerprint density at radius 1 is 1.07 bits per heavy atom. The second-order valence-electron chi connectivity index (χ2n) is 6.36. The molecule has 0 aliphatic carbocycles. The SMILES string of the molecule is COc1ccc2c(C(c3ccccc3)N(C)C)c(O)c(C(=O)O)cc2c1.[NaH]. The Morgan fingerprint density at radius 3 is 2.30 bits per heavy atom. The van der Waals surface area contributed by atoms with Gasteiger partial charge in [0.1, 0.15) is 17.1 Å². The van der Waals surface area contributed by atoms with Crippen LogP contribution in [-0.2, 0) is 0 Å². The van der Waals surface area contributed by atoms with Crippen LogP contribution in [0.5, 0.6) is 11.5 Å². The molecular formula is C21H22NNaO4. The Balaban J connectivity index is 0.00000261. The molecule has 0 amide bonds. The van der Waals surface area contributed by atoms with Gasteiger partial charge in [0, 0.05) is 5.56 Å². The van der Waals surface area contributed by atoms with E-state index in [-0.39, 0.29) is 46.9 Å². The van der Waals surface area contributed by atoms with Crippen molar-refractivity contribution in [2.24, 2.45) is 0 Å².